The molecule has 3 heteroatoms. The molecule has 0 aromatic heterocycles. The Balaban J connectivity index is 1.62. The van der Waals surface area contributed by atoms with E-state index in [2.05, 4.69) is 29.2 Å². The minimum absolute atomic E-state index is 0.103. The van der Waals surface area contributed by atoms with Gasteiger partial charge in [-0.3, -0.25) is 9.69 Å². The first kappa shape index (κ1) is 12.7. The van der Waals surface area contributed by atoms with Crippen molar-refractivity contribution in [3.8, 4) is 0 Å². The van der Waals surface area contributed by atoms with E-state index in [0.29, 0.717) is 6.04 Å². The van der Waals surface area contributed by atoms with E-state index in [1.165, 1.54) is 11.1 Å². The van der Waals surface area contributed by atoms with E-state index in [1.807, 2.05) is 0 Å². The van der Waals surface area contributed by atoms with Crippen LogP contribution in [0.2, 0.25) is 0 Å². The summed E-state index contributed by atoms with van der Waals surface area (Å²) in [5, 5.41) is 9.05. The zero-order chi connectivity index (χ0) is 13.2. The number of aliphatic carboxylic acids is 1. The van der Waals surface area contributed by atoms with Gasteiger partial charge in [-0.25, -0.2) is 0 Å². The number of benzene rings is 1. The third-order valence-electron chi connectivity index (χ3n) is 4.72. The smallest absolute Gasteiger partial charge is 0.306 e. The number of hydrogen-bond donors (Lipinski definition) is 1. The van der Waals surface area contributed by atoms with Gasteiger partial charge in [0.05, 0.1) is 5.92 Å². The molecule has 102 valence electrons. The minimum Gasteiger partial charge on any atom is -0.481 e. The zero-order valence-electron chi connectivity index (χ0n) is 11.2. The van der Waals surface area contributed by atoms with Gasteiger partial charge in [0.25, 0.3) is 0 Å². The summed E-state index contributed by atoms with van der Waals surface area (Å²) < 4.78 is 0. The van der Waals surface area contributed by atoms with E-state index in [4.69, 9.17) is 5.11 Å². The molecule has 0 saturated heterocycles. The molecule has 1 N–H and O–H groups in total. The Morgan fingerprint density at radius 2 is 1.79 bits per heavy atom. The van der Waals surface area contributed by atoms with Crippen LogP contribution in [0.1, 0.15) is 36.8 Å². The van der Waals surface area contributed by atoms with Gasteiger partial charge in [0.1, 0.15) is 0 Å². The maximum absolute atomic E-state index is 11.0. The van der Waals surface area contributed by atoms with Crippen molar-refractivity contribution in [2.24, 2.45) is 5.92 Å². The number of carboxylic acid groups (broad SMARTS) is 1. The first-order valence-electron chi connectivity index (χ1n) is 7.27. The lowest BCUT2D eigenvalue weighted by atomic mass is 9.84. The van der Waals surface area contributed by atoms with Crippen LogP contribution in [-0.2, 0) is 17.8 Å². The molecule has 1 aromatic carbocycles. The van der Waals surface area contributed by atoms with Crippen molar-refractivity contribution >= 4 is 5.97 Å². The summed E-state index contributed by atoms with van der Waals surface area (Å²) in [5.74, 6) is -0.712. The standard InChI is InChI=1S/C16H21NO2/c18-16(19)13-5-7-15(8-6-13)17-10-9-12-3-1-2-4-14(12)11-17/h1-4,13,15H,5-11H2,(H,18,19). The van der Waals surface area contributed by atoms with Gasteiger partial charge >= 0.3 is 5.97 Å². The van der Waals surface area contributed by atoms with Gasteiger partial charge in [0.15, 0.2) is 0 Å². The molecule has 0 unspecified atom stereocenters. The van der Waals surface area contributed by atoms with Crippen LogP contribution in [0.5, 0.6) is 0 Å². The van der Waals surface area contributed by atoms with Gasteiger partial charge < -0.3 is 5.11 Å². The fourth-order valence-corrected chi connectivity index (χ4v) is 3.52. The first-order chi connectivity index (χ1) is 9.24. The number of carbonyl (C=O) groups is 1. The zero-order valence-corrected chi connectivity index (χ0v) is 11.2. The number of carboxylic acids is 1. The molecule has 1 aliphatic heterocycles. The fourth-order valence-electron chi connectivity index (χ4n) is 3.52. The highest BCUT2D eigenvalue weighted by Gasteiger charge is 2.30. The average molecular weight is 259 g/mol. The summed E-state index contributed by atoms with van der Waals surface area (Å²) in [4.78, 5) is 13.5. The lowest BCUT2D eigenvalue weighted by molar-refractivity contribution is -0.143. The van der Waals surface area contributed by atoms with Crippen molar-refractivity contribution in [3.05, 3.63) is 35.4 Å². The summed E-state index contributed by atoms with van der Waals surface area (Å²) in [6, 6.07) is 9.28. The predicted molar refractivity (Wildman–Crippen MR) is 73.9 cm³/mol. The Hall–Kier alpha value is -1.35. The summed E-state index contributed by atoms with van der Waals surface area (Å²) in [5.41, 5.74) is 2.94. The maximum atomic E-state index is 11.0. The second kappa shape index (κ2) is 5.33. The number of nitrogens with zero attached hydrogens (tertiary/aromatic N) is 1. The predicted octanol–water partition coefficient (Wildman–Crippen LogP) is 2.69. The van der Waals surface area contributed by atoms with Crippen molar-refractivity contribution in [2.75, 3.05) is 6.54 Å². The van der Waals surface area contributed by atoms with Crippen molar-refractivity contribution in [3.63, 3.8) is 0 Å². The van der Waals surface area contributed by atoms with Gasteiger partial charge in [0, 0.05) is 19.1 Å². The second-order valence-corrected chi connectivity index (χ2v) is 5.83. The summed E-state index contributed by atoms with van der Waals surface area (Å²) in [6.45, 7) is 2.16. The molecule has 1 aromatic rings. The molecule has 19 heavy (non-hydrogen) atoms. The molecular weight excluding hydrogens is 238 g/mol. The highest BCUT2D eigenvalue weighted by molar-refractivity contribution is 5.70. The van der Waals surface area contributed by atoms with E-state index in [1.54, 1.807) is 0 Å². The van der Waals surface area contributed by atoms with Crippen LogP contribution in [-0.4, -0.2) is 28.6 Å². The van der Waals surface area contributed by atoms with Crippen LogP contribution in [0.15, 0.2) is 24.3 Å². The maximum Gasteiger partial charge on any atom is 0.306 e. The van der Waals surface area contributed by atoms with Crippen LogP contribution >= 0.6 is 0 Å². The average Bonchev–Trinajstić information content (AvgIpc) is 2.47. The summed E-state index contributed by atoms with van der Waals surface area (Å²) in [7, 11) is 0. The molecule has 3 nitrogen and oxygen atoms in total. The van der Waals surface area contributed by atoms with E-state index < -0.39 is 5.97 Å². The third kappa shape index (κ3) is 2.66. The Morgan fingerprint density at radius 1 is 1.11 bits per heavy atom. The van der Waals surface area contributed by atoms with Gasteiger partial charge in [-0.15, -0.1) is 0 Å². The Labute approximate surface area is 114 Å². The summed E-state index contributed by atoms with van der Waals surface area (Å²) in [6.07, 6.45) is 4.91. The normalized spacial score (nSPS) is 27.8. The van der Waals surface area contributed by atoms with E-state index in [9.17, 15) is 4.79 Å². The van der Waals surface area contributed by atoms with Gasteiger partial charge in [-0.05, 0) is 43.2 Å². The first-order valence-corrected chi connectivity index (χ1v) is 7.27. The molecule has 0 spiro atoms. The van der Waals surface area contributed by atoms with Crippen LogP contribution in [0.4, 0.5) is 0 Å². The SMILES string of the molecule is O=C(O)C1CCC(N2CCc3ccccc3C2)CC1. The third-order valence-corrected chi connectivity index (χ3v) is 4.72. The van der Waals surface area contributed by atoms with Crippen molar-refractivity contribution < 1.29 is 9.90 Å². The van der Waals surface area contributed by atoms with E-state index >= 15 is 0 Å². The molecule has 0 amide bonds. The Kier molecular flexibility index (Phi) is 3.56. The van der Waals surface area contributed by atoms with E-state index in [0.717, 1.165) is 45.2 Å². The molecule has 0 radical (unpaired) electrons. The number of fused-ring (bicyclic) bond motifs is 1. The van der Waals surface area contributed by atoms with Crippen LogP contribution in [0.3, 0.4) is 0 Å². The van der Waals surface area contributed by atoms with Gasteiger partial charge in [-0.2, -0.15) is 0 Å². The number of rotatable bonds is 2. The minimum atomic E-state index is -0.609. The molecule has 0 bridgehead atoms. The van der Waals surface area contributed by atoms with Crippen molar-refractivity contribution in [1.29, 1.82) is 0 Å². The Bertz CT molecular complexity index is 464. The van der Waals surface area contributed by atoms with Crippen molar-refractivity contribution in [2.45, 2.75) is 44.7 Å². The fraction of sp³-hybridized carbons (Fsp3) is 0.562. The highest BCUT2D eigenvalue weighted by atomic mass is 16.4. The highest BCUT2D eigenvalue weighted by Crippen LogP contribution is 2.30. The lowest BCUT2D eigenvalue weighted by Gasteiger charge is -2.38. The molecule has 1 saturated carbocycles. The topological polar surface area (TPSA) is 40.5 Å². The quantitative estimate of drug-likeness (QED) is 0.887. The largest absolute Gasteiger partial charge is 0.481 e. The Morgan fingerprint density at radius 3 is 2.47 bits per heavy atom. The van der Waals surface area contributed by atoms with E-state index in [-0.39, 0.29) is 5.92 Å². The molecule has 1 heterocycles. The molecule has 3 rings (SSSR count). The molecule has 0 atom stereocenters. The lowest BCUT2D eigenvalue weighted by Crippen LogP contribution is -2.42. The molecule has 1 fully saturated rings. The van der Waals surface area contributed by atoms with Gasteiger partial charge in [0.2, 0.25) is 0 Å². The molecular formula is C16H21NO2. The summed E-state index contributed by atoms with van der Waals surface area (Å²) >= 11 is 0. The van der Waals surface area contributed by atoms with Crippen LogP contribution in [0, 0.1) is 5.92 Å². The number of hydrogen-bond acceptors (Lipinski definition) is 2. The van der Waals surface area contributed by atoms with Crippen LogP contribution < -0.4 is 0 Å². The molecule has 1 aliphatic carbocycles. The van der Waals surface area contributed by atoms with Gasteiger partial charge in [-0.1, -0.05) is 24.3 Å². The van der Waals surface area contributed by atoms with Crippen LogP contribution in [0.25, 0.3) is 0 Å². The monoisotopic (exact) mass is 259 g/mol. The second-order valence-electron chi connectivity index (χ2n) is 5.83. The molecule has 2 aliphatic rings. The van der Waals surface area contributed by atoms with Crippen molar-refractivity contribution in [1.82, 2.24) is 4.90 Å².